The van der Waals surface area contributed by atoms with Crippen molar-refractivity contribution in [3.8, 4) is 33.4 Å². The molecule has 0 saturated heterocycles. The summed E-state index contributed by atoms with van der Waals surface area (Å²) in [5, 5.41) is 6.79. The maximum Gasteiger partial charge on any atom is 0.0645 e. The van der Waals surface area contributed by atoms with Crippen LogP contribution in [0.4, 0.5) is 5.69 Å². The van der Waals surface area contributed by atoms with E-state index < -0.39 is 35.6 Å². The first-order valence-corrected chi connectivity index (χ1v) is 27.3. The van der Waals surface area contributed by atoms with E-state index in [9.17, 15) is 11.0 Å². The zero-order chi connectivity index (χ0) is 57.8. The molecular formula is C75H53NS. The fourth-order valence-electron chi connectivity index (χ4n) is 12.8. The van der Waals surface area contributed by atoms with Crippen LogP contribution in [0.25, 0.3) is 80.7 Å². The molecule has 0 aliphatic heterocycles. The Labute approximate surface area is 465 Å². The van der Waals surface area contributed by atoms with E-state index >= 15 is 0 Å². The monoisotopic (exact) mass is 1010 g/mol. The second kappa shape index (κ2) is 18.6. The normalized spacial score (nSPS) is 18.8. The first-order valence-electron chi connectivity index (χ1n) is 30.4. The minimum Gasteiger partial charge on any atom is -0.335 e. The molecule has 3 aliphatic carbocycles. The van der Waals surface area contributed by atoms with Crippen LogP contribution in [0.15, 0.2) is 297 Å². The molecule has 0 amide bonds. The van der Waals surface area contributed by atoms with Gasteiger partial charge in [-0.1, -0.05) is 261 Å². The van der Waals surface area contributed by atoms with Gasteiger partial charge in [0.1, 0.15) is 0 Å². The van der Waals surface area contributed by atoms with Gasteiger partial charge in [0.25, 0.3) is 0 Å². The fraction of sp³-hybridized carbons (Fsp3) is 0.0667. The van der Waals surface area contributed by atoms with Crippen LogP contribution in [0.2, 0.25) is 0 Å². The number of hydrogen-bond acceptors (Lipinski definition) is 2. The highest BCUT2D eigenvalue weighted by molar-refractivity contribution is 7.26. The van der Waals surface area contributed by atoms with Gasteiger partial charge in [-0.15, -0.1) is 11.3 Å². The van der Waals surface area contributed by atoms with E-state index in [4.69, 9.17) is 0 Å². The van der Waals surface area contributed by atoms with E-state index in [1.807, 2.05) is 59.5 Å². The molecule has 15 rings (SSSR count). The van der Waals surface area contributed by atoms with Gasteiger partial charge in [0.2, 0.25) is 0 Å². The lowest BCUT2D eigenvalue weighted by Crippen LogP contribution is -2.38. The van der Waals surface area contributed by atoms with Crippen LogP contribution in [0, 0.1) is 5.92 Å². The zero-order valence-corrected chi connectivity index (χ0v) is 42.7. The van der Waals surface area contributed by atoms with Crippen LogP contribution >= 0.6 is 11.3 Å². The van der Waals surface area contributed by atoms with Gasteiger partial charge in [-0.2, -0.15) is 0 Å². The highest BCUT2D eigenvalue weighted by Crippen LogP contribution is 2.60. The lowest BCUT2D eigenvalue weighted by atomic mass is 9.63. The maximum atomic E-state index is 10.1. The summed E-state index contributed by atoms with van der Waals surface area (Å²) in [5.41, 5.74) is 9.21. The summed E-state index contributed by atoms with van der Waals surface area (Å²) in [5.74, 6) is -0.238. The van der Waals surface area contributed by atoms with Crippen molar-refractivity contribution >= 4 is 64.3 Å². The second-order valence-electron chi connectivity index (χ2n) is 20.3. The van der Waals surface area contributed by atoms with Gasteiger partial charge in [0.15, 0.2) is 0 Å². The molecule has 0 spiro atoms. The highest BCUT2D eigenvalue weighted by atomic mass is 32.1. The summed E-state index contributed by atoms with van der Waals surface area (Å²) in [7, 11) is 0. The van der Waals surface area contributed by atoms with Crippen LogP contribution in [-0.2, 0) is 5.41 Å². The van der Waals surface area contributed by atoms with E-state index in [1.165, 1.54) is 44.0 Å². The van der Waals surface area contributed by atoms with E-state index in [0.29, 0.717) is 17.7 Å². The molecule has 11 aromatic carbocycles. The Morgan fingerprint density at radius 3 is 1.82 bits per heavy atom. The number of nitrogens with zero attached hydrogens (tertiary/aromatic N) is 1. The molecule has 3 atom stereocenters. The lowest BCUT2D eigenvalue weighted by molar-refractivity contribution is 0.452. The number of thiophene rings is 1. The predicted octanol–water partition coefficient (Wildman–Crippen LogP) is 19.8. The number of anilines is 1. The summed E-state index contributed by atoms with van der Waals surface area (Å²) in [6.07, 6.45) is 13.4. The van der Waals surface area contributed by atoms with E-state index in [2.05, 4.69) is 188 Å². The highest BCUT2D eigenvalue weighted by Gasteiger charge is 2.53. The smallest absolute Gasteiger partial charge is 0.0645 e. The minimum absolute atomic E-state index is 0.0455. The van der Waals surface area contributed by atoms with Gasteiger partial charge in [0.05, 0.1) is 22.4 Å². The number of hydrogen-bond donors (Lipinski definition) is 0. The van der Waals surface area contributed by atoms with E-state index in [-0.39, 0.29) is 58.4 Å². The summed E-state index contributed by atoms with van der Waals surface area (Å²) in [6.45, 7) is 0. The molecule has 3 unspecified atom stereocenters. The predicted molar refractivity (Wildman–Crippen MR) is 328 cm³/mol. The first kappa shape index (κ1) is 37.6. The largest absolute Gasteiger partial charge is 0.335 e. The third-order valence-corrected chi connectivity index (χ3v) is 17.5. The SMILES string of the molecule is [2H]c1c([2H])c(-c2cccc3c2sc2ccccc23)c([2H])c([2H])c1-c1c([2H])c([2H])c(N(C2=CC3C(C=C2)c2ccccc2C3(c2ccccc2)c2ccccc2)C2C=CC(c3ccc(-c4cc5ccccc5c5ccccc45)cc3)=CC2)c([2H])c1[2H]. The maximum absolute atomic E-state index is 10.1. The first-order chi connectivity index (χ1) is 41.5. The van der Waals surface area contributed by atoms with Gasteiger partial charge in [0, 0.05) is 43.4 Å². The summed E-state index contributed by atoms with van der Waals surface area (Å²) in [6, 6.07) is 68.0. The minimum atomic E-state index is -0.656. The molecule has 0 bridgehead atoms. The van der Waals surface area contributed by atoms with Gasteiger partial charge in [-0.05, 0) is 125 Å². The zero-order valence-electron chi connectivity index (χ0n) is 49.9. The molecule has 0 N–H and O–H groups in total. The van der Waals surface area contributed by atoms with Gasteiger partial charge >= 0.3 is 0 Å². The quantitative estimate of drug-likeness (QED) is 0.130. The van der Waals surface area contributed by atoms with Crippen molar-refractivity contribution in [2.24, 2.45) is 5.92 Å². The van der Waals surface area contributed by atoms with Gasteiger partial charge in [-0.3, -0.25) is 0 Å². The summed E-state index contributed by atoms with van der Waals surface area (Å²) >= 11 is 1.53. The van der Waals surface area contributed by atoms with E-state index in [1.54, 1.807) is 0 Å². The molecule has 0 fully saturated rings. The molecule has 1 heterocycles. The molecule has 12 aromatic rings. The molecule has 1 aromatic heterocycles. The van der Waals surface area contributed by atoms with Crippen molar-refractivity contribution in [1.82, 2.24) is 0 Å². The lowest BCUT2D eigenvalue weighted by Gasteiger charge is -2.41. The second-order valence-corrected chi connectivity index (χ2v) is 21.4. The third kappa shape index (κ3) is 7.50. The Bertz CT molecular complexity index is 4770. The molecule has 3 aliphatic rings. The van der Waals surface area contributed by atoms with Crippen molar-refractivity contribution in [1.29, 1.82) is 0 Å². The van der Waals surface area contributed by atoms with Crippen LogP contribution in [0.1, 0.15) is 51.1 Å². The Kier molecular flexibility index (Phi) is 9.10. The molecular weight excluding hydrogens is 947 g/mol. The van der Waals surface area contributed by atoms with E-state index in [0.717, 1.165) is 53.6 Å². The number of benzene rings is 11. The Morgan fingerprint density at radius 2 is 1.08 bits per heavy atom. The van der Waals surface area contributed by atoms with Crippen molar-refractivity contribution in [2.75, 3.05) is 4.90 Å². The molecule has 77 heavy (non-hydrogen) atoms. The Balaban J connectivity index is 0.868. The molecule has 1 nitrogen and oxygen atoms in total. The molecule has 0 saturated carbocycles. The summed E-state index contributed by atoms with van der Waals surface area (Å²) in [4.78, 5) is 1.96. The van der Waals surface area contributed by atoms with Crippen LogP contribution < -0.4 is 4.90 Å². The molecule has 2 heteroatoms. The van der Waals surface area contributed by atoms with Crippen LogP contribution in [0.3, 0.4) is 0 Å². The molecule has 364 valence electrons. The number of fused-ring (bicyclic) bond motifs is 9. The van der Waals surface area contributed by atoms with Crippen LogP contribution in [0.5, 0.6) is 0 Å². The van der Waals surface area contributed by atoms with Crippen molar-refractivity contribution in [2.45, 2.75) is 23.8 Å². The summed E-state index contributed by atoms with van der Waals surface area (Å²) < 4.78 is 79.9. The average molecular weight is 1010 g/mol. The average Bonchev–Trinajstić information content (AvgIpc) is 1.71. The Hall–Kier alpha value is -9.08. The number of allylic oxidation sites excluding steroid dienone is 5. The van der Waals surface area contributed by atoms with Crippen molar-refractivity contribution in [3.05, 3.63) is 325 Å². The topological polar surface area (TPSA) is 3.24 Å². The van der Waals surface area contributed by atoms with Crippen LogP contribution in [-0.4, -0.2) is 6.04 Å². The Morgan fingerprint density at radius 1 is 0.468 bits per heavy atom. The standard InChI is InChI=1S/C75H53NS/c1-3-17-57(18-4-1)75(58-19-5-2-6-20-58)71-28-13-11-24-66(71)67-47-46-61(49-72(67)75)76(59-42-38-52(39-43-59)50-30-34-54(35-31-50)63-26-15-27-69-68-25-12-14-29-73(68)77-74(63)69)60-44-40-53(41-45-60)51-32-36-55(37-33-51)70-48-56-16-7-8-21-62(56)64-22-9-10-23-65(64)70/h1-44,46-49,60,67,72H,45H2/i30D,31D,34D,35D,38D,39D,42D,43D. The van der Waals surface area contributed by atoms with Crippen molar-refractivity contribution in [3.63, 3.8) is 0 Å². The number of rotatable bonds is 9. The van der Waals surface area contributed by atoms with Gasteiger partial charge in [-0.25, -0.2) is 0 Å². The van der Waals surface area contributed by atoms with Crippen molar-refractivity contribution < 1.29 is 11.0 Å². The third-order valence-electron chi connectivity index (χ3n) is 16.3. The molecule has 0 radical (unpaired) electrons. The van der Waals surface area contributed by atoms with Gasteiger partial charge < -0.3 is 4.90 Å². The fourth-order valence-corrected chi connectivity index (χ4v) is 14.0.